The molecule has 154 valence electrons. The SMILES string of the molecule is CCN(CC)S(=O)(=O)c1cccc(-c2nn(CN3CCCSCC3)c(=S)o2)c1. The first-order valence-corrected chi connectivity index (χ1v) is 12.4. The number of benzene rings is 1. The van der Waals surface area contributed by atoms with Crippen molar-refractivity contribution in [3.8, 4) is 11.5 Å². The van der Waals surface area contributed by atoms with E-state index >= 15 is 0 Å². The van der Waals surface area contributed by atoms with Gasteiger partial charge in [0.15, 0.2) is 0 Å². The molecule has 0 atom stereocenters. The molecule has 0 amide bonds. The molecule has 2 heterocycles. The van der Waals surface area contributed by atoms with E-state index in [-0.39, 0.29) is 4.90 Å². The van der Waals surface area contributed by atoms with E-state index in [1.807, 2.05) is 25.6 Å². The molecule has 1 aliphatic heterocycles. The van der Waals surface area contributed by atoms with Crippen molar-refractivity contribution in [1.82, 2.24) is 19.0 Å². The average molecular weight is 443 g/mol. The Balaban J connectivity index is 1.86. The van der Waals surface area contributed by atoms with Gasteiger partial charge in [-0.1, -0.05) is 19.9 Å². The Morgan fingerprint density at radius 3 is 2.79 bits per heavy atom. The van der Waals surface area contributed by atoms with Crippen molar-refractivity contribution in [2.24, 2.45) is 0 Å². The van der Waals surface area contributed by atoms with Crippen molar-refractivity contribution in [1.29, 1.82) is 0 Å². The predicted octanol–water partition coefficient (Wildman–Crippen LogP) is 3.30. The summed E-state index contributed by atoms with van der Waals surface area (Å²) in [6, 6.07) is 6.68. The number of thioether (sulfide) groups is 1. The van der Waals surface area contributed by atoms with Gasteiger partial charge in [-0.15, -0.1) is 5.10 Å². The fraction of sp³-hybridized carbons (Fsp3) is 0.556. The average Bonchev–Trinajstić information content (AvgIpc) is 2.88. The van der Waals surface area contributed by atoms with E-state index < -0.39 is 10.0 Å². The summed E-state index contributed by atoms with van der Waals surface area (Å²) in [5.74, 6) is 2.62. The summed E-state index contributed by atoms with van der Waals surface area (Å²) in [4.78, 5) is 2.83. The molecular weight excluding hydrogens is 416 g/mol. The normalized spacial score (nSPS) is 16.4. The molecule has 0 bridgehead atoms. The lowest BCUT2D eigenvalue weighted by molar-refractivity contribution is 0.218. The number of hydrogen-bond donors (Lipinski definition) is 0. The standard InChI is InChI=1S/C18H26N4O3S3/c1-3-21(4-2)28(23,24)16-8-5-7-15(13-16)17-19-22(18(26)25-17)14-20-9-6-11-27-12-10-20/h5,7-8,13H,3-4,6,9-12,14H2,1-2H3. The van der Waals surface area contributed by atoms with Gasteiger partial charge in [0.25, 0.3) is 4.84 Å². The summed E-state index contributed by atoms with van der Waals surface area (Å²) in [7, 11) is -3.54. The third kappa shape index (κ3) is 4.85. The molecule has 1 aromatic heterocycles. The molecule has 0 unspecified atom stereocenters. The summed E-state index contributed by atoms with van der Waals surface area (Å²) in [6.07, 6.45) is 1.15. The number of aromatic nitrogens is 2. The molecule has 0 N–H and O–H groups in total. The minimum absolute atomic E-state index is 0.230. The van der Waals surface area contributed by atoms with Crippen LogP contribution in [0, 0.1) is 4.84 Å². The third-order valence-corrected chi connectivity index (χ3v) is 8.07. The van der Waals surface area contributed by atoms with E-state index in [9.17, 15) is 8.42 Å². The van der Waals surface area contributed by atoms with Crippen LogP contribution in [-0.2, 0) is 16.7 Å². The third-order valence-electron chi connectivity index (χ3n) is 4.68. The minimum Gasteiger partial charge on any atom is -0.409 e. The van der Waals surface area contributed by atoms with Crippen LogP contribution in [0.1, 0.15) is 20.3 Å². The van der Waals surface area contributed by atoms with Crippen molar-refractivity contribution in [3.63, 3.8) is 0 Å². The lowest BCUT2D eigenvalue weighted by atomic mass is 10.2. The number of hydrogen-bond acceptors (Lipinski definition) is 7. The number of rotatable bonds is 7. The maximum absolute atomic E-state index is 12.8. The maximum atomic E-state index is 12.8. The van der Waals surface area contributed by atoms with E-state index in [0.717, 1.165) is 25.3 Å². The Kier molecular flexibility index (Phi) is 7.32. The smallest absolute Gasteiger partial charge is 0.288 e. The zero-order valence-electron chi connectivity index (χ0n) is 16.2. The summed E-state index contributed by atoms with van der Waals surface area (Å²) in [5, 5.41) is 4.50. The summed E-state index contributed by atoms with van der Waals surface area (Å²) in [6.45, 7) is 7.08. The van der Waals surface area contributed by atoms with Crippen LogP contribution in [0.2, 0.25) is 0 Å². The zero-order valence-corrected chi connectivity index (χ0v) is 18.7. The first kappa shape index (κ1) is 21.5. The zero-order chi connectivity index (χ0) is 20.1. The molecule has 0 saturated carbocycles. The van der Waals surface area contributed by atoms with Crippen molar-refractivity contribution < 1.29 is 12.8 Å². The van der Waals surface area contributed by atoms with E-state index in [1.165, 1.54) is 10.1 Å². The van der Waals surface area contributed by atoms with Gasteiger partial charge in [-0.2, -0.15) is 16.1 Å². The topological polar surface area (TPSA) is 71.6 Å². The monoisotopic (exact) mass is 442 g/mol. The molecule has 1 saturated heterocycles. The van der Waals surface area contributed by atoms with Gasteiger partial charge in [0.05, 0.1) is 11.6 Å². The van der Waals surface area contributed by atoms with Gasteiger partial charge in [0.1, 0.15) is 0 Å². The van der Waals surface area contributed by atoms with Crippen LogP contribution in [0.15, 0.2) is 33.6 Å². The van der Waals surface area contributed by atoms with Crippen LogP contribution in [0.25, 0.3) is 11.5 Å². The lowest BCUT2D eigenvalue weighted by Gasteiger charge is -2.18. The highest BCUT2D eigenvalue weighted by Gasteiger charge is 2.22. The second-order valence-electron chi connectivity index (χ2n) is 6.52. The fourth-order valence-corrected chi connectivity index (χ4v) is 5.75. The lowest BCUT2D eigenvalue weighted by Crippen LogP contribution is -2.30. The Hall–Kier alpha value is -1.20. The molecular formula is C18H26N4O3S3. The Morgan fingerprint density at radius 1 is 1.25 bits per heavy atom. The van der Waals surface area contributed by atoms with Crippen LogP contribution < -0.4 is 0 Å². The number of nitrogens with zero attached hydrogens (tertiary/aromatic N) is 4. The summed E-state index contributed by atoms with van der Waals surface area (Å²) >= 11 is 7.30. The molecule has 0 aliphatic carbocycles. The highest BCUT2D eigenvalue weighted by molar-refractivity contribution is 7.99. The summed E-state index contributed by atoms with van der Waals surface area (Å²) in [5.41, 5.74) is 0.601. The Morgan fingerprint density at radius 2 is 2.04 bits per heavy atom. The molecule has 2 aromatic rings. The highest BCUT2D eigenvalue weighted by Crippen LogP contribution is 2.24. The van der Waals surface area contributed by atoms with Crippen LogP contribution in [0.4, 0.5) is 0 Å². The van der Waals surface area contributed by atoms with Gasteiger partial charge in [0.2, 0.25) is 15.9 Å². The van der Waals surface area contributed by atoms with Gasteiger partial charge < -0.3 is 4.42 Å². The second kappa shape index (κ2) is 9.53. The van der Waals surface area contributed by atoms with Crippen LogP contribution in [0.3, 0.4) is 0 Å². The predicted molar refractivity (Wildman–Crippen MR) is 114 cm³/mol. The van der Waals surface area contributed by atoms with E-state index in [0.29, 0.717) is 36.0 Å². The molecule has 28 heavy (non-hydrogen) atoms. The second-order valence-corrected chi connectivity index (χ2v) is 10.0. The van der Waals surface area contributed by atoms with E-state index in [4.69, 9.17) is 16.6 Å². The fourth-order valence-electron chi connectivity index (χ4n) is 3.14. The van der Waals surface area contributed by atoms with Crippen molar-refractivity contribution in [2.75, 3.05) is 37.7 Å². The molecule has 1 fully saturated rings. The van der Waals surface area contributed by atoms with Crippen molar-refractivity contribution in [3.05, 3.63) is 29.1 Å². The Bertz CT molecular complexity index is 943. The molecule has 7 nitrogen and oxygen atoms in total. The van der Waals surface area contributed by atoms with E-state index in [1.54, 1.807) is 28.9 Å². The van der Waals surface area contributed by atoms with Gasteiger partial charge >= 0.3 is 0 Å². The summed E-state index contributed by atoms with van der Waals surface area (Å²) < 4.78 is 34.4. The van der Waals surface area contributed by atoms with E-state index in [2.05, 4.69) is 10.00 Å². The van der Waals surface area contributed by atoms with Gasteiger partial charge in [-0.3, -0.25) is 4.90 Å². The van der Waals surface area contributed by atoms with Crippen LogP contribution in [-0.4, -0.2) is 65.1 Å². The van der Waals surface area contributed by atoms with Gasteiger partial charge in [-0.05, 0) is 42.6 Å². The van der Waals surface area contributed by atoms with Crippen LogP contribution in [0.5, 0.6) is 0 Å². The first-order valence-electron chi connectivity index (χ1n) is 9.44. The van der Waals surface area contributed by atoms with Crippen LogP contribution >= 0.6 is 24.0 Å². The molecule has 3 rings (SSSR count). The largest absolute Gasteiger partial charge is 0.409 e. The molecule has 10 heteroatoms. The van der Waals surface area contributed by atoms with Gasteiger partial charge in [-0.25, -0.2) is 13.1 Å². The molecule has 1 aliphatic rings. The minimum atomic E-state index is -3.54. The molecule has 0 spiro atoms. The first-order chi connectivity index (χ1) is 13.5. The van der Waals surface area contributed by atoms with Crippen molar-refractivity contribution >= 4 is 34.0 Å². The number of sulfonamides is 1. The molecule has 0 radical (unpaired) electrons. The van der Waals surface area contributed by atoms with Gasteiger partial charge in [0, 0.05) is 37.5 Å². The quantitative estimate of drug-likeness (QED) is 0.609. The maximum Gasteiger partial charge on any atom is 0.288 e. The Labute approximate surface area is 175 Å². The molecule has 1 aromatic carbocycles. The van der Waals surface area contributed by atoms with Crippen molar-refractivity contribution in [2.45, 2.75) is 31.8 Å². The highest BCUT2D eigenvalue weighted by atomic mass is 32.2.